The molecule has 3 heteroatoms. The highest BCUT2D eigenvalue weighted by molar-refractivity contribution is 7.17. The van der Waals surface area contributed by atoms with Crippen LogP contribution in [-0.2, 0) is 4.74 Å². The number of methoxy groups -OCH3 is 1. The van der Waals surface area contributed by atoms with E-state index in [1.54, 1.807) is 18.4 Å². The second kappa shape index (κ2) is 5.07. The molecule has 0 saturated heterocycles. The van der Waals surface area contributed by atoms with Gasteiger partial charge in [0.1, 0.15) is 0 Å². The van der Waals surface area contributed by atoms with Gasteiger partial charge < -0.3 is 10.1 Å². The molecule has 1 aromatic carbocycles. The van der Waals surface area contributed by atoms with E-state index in [2.05, 4.69) is 48.8 Å². The minimum absolute atomic E-state index is 0.0561. The summed E-state index contributed by atoms with van der Waals surface area (Å²) in [6, 6.07) is 8.67. The standard InChI is InChI=1S/C14H19NOS/c1-14(2,16-3)7-8-15-12-4-5-13-11(10-12)6-9-17-13/h4-6,9-10,15H,7-8H2,1-3H3. The Bertz CT molecular complexity index is 490. The third-order valence-electron chi connectivity index (χ3n) is 3.06. The van der Waals surface area contributed by atoms with Crippen molar-refractivity contribution in [1.82, 2.24) is 0 Å². The van der Waals surface area contributed by atoms with Crippen LogP contribution in [0.1, 0.15) is 20.3 Å². The molecule has 0 saturated carbocycles. The Hall–Kier alpha value is -1.06. The SMILES string of the molecule is COC(C)(C)CCNc1ccc2sccc2c1. The van der Waals surface area contributed by atoms with Gasteiger partial charge >= 0.3 is 0 Å². The summed E-state index contributed by atoms with van der Waals surface area (Å²) < 4.78 is 6.74. The van der Waals surface area contributed by atoms with E-state index in [9.17, 15) is 0 Å². The molecule has 0 aliphatic carbocycles. The number of fused-ring (bicyclic) bond motifs is 1. The van der Waals surface area contributed by atoms with Gasteiger partial charge in [0.05, 0.1) is 5.60 Å². The van der Waals surface area contributed by atoms with Crippen molar-refractivity contribution >= 4 is 27.1 Å². The second-order valence-electron chi connectivity index (χ2n) is 4.81. The zero-order valence-corrected chi connectivity index (χ0v) is 11.4. The summed E-state index contributed by atoms with van der Waals surface area (Å²) in [5, 5.41) is 6.88. The van der Waals surface area contributed by atoms with Crippen LogP contribution in [0.4, 0.5) is 5.69 Å². The summed E-state index contributed by atoms with van der Waals surface area (Å²) in [7, 11) is 1.76. The number of nitrogens with one attached hydrogen (secondary N) is 1. The van der Waals surface area contributed by atoms with Crippen LogP contribution >= 0.6 is 11.3 Å². The topological polar surface area (TPSA) is 21.3 Å². The predicted octanol–water partition coefficient (Wildman–Crippen LogP) is 4.13. The van der Waals surface area contributed by atoms with Crippen LogP contribution in [0.25, 0.3) is 10.1 Å². The van der Waals surface area contributed by atoms with Crippen LogP contribution in [0.2, 0.25) is 0 Å². The normalized spacial score (nSPS) is 11.9. The molecular formula is C14H19NOS. The molecule has 0 bridgehead atoms. The predicted molar refractivity (Wildman–Crippen MR) is 76.0 cm³/mol. The van der Waals surface area contributed by atoms with Crippen molar-refractivity contribution < 1.29 is 4.74 Å². The Balaban J connectivity index is 1.95. The lowest BCUT2D eigenvalue weighted by atomic mass is 10.1. The number of anilines is 1. The molecule has 2 rings (SSSR count). The molecule has 0 amide bonds. The fourth-order valence-corrected chi connectivity index (χ4v) is 2.46. The first kappa shape index (κ1) is 12.4. The quantitative estimate of drug-likeness (QED) is 0.860. The van der Waals surface area contributed by atoms with Crippen molar-refractivity contribution in [3.05, 3.63) is 29.6 Å². The fourth-order valence-electron chi connectivity index (χ4n) is 1.69. The maximum atomic E-state index is 5.40. The van der Waals surface area contributed by atoms with E-state index in [-0.39, 0.29) is 5.60 Å². The van der Waals surface area contributed by atoms with Gasteiger partial charge in [-0.25, -0.2) is 0 Å². The van der Waals surface area contributed by atoms with Crippen LogP contribution in [-0.4, -0.2) is 19.3 Å². The van der Waals surface area contributed by atoms with Gasteiger partial charge in [0.2, 0.25) is 0 Å². The third kappa shape index (κ3) is 3.20. The van der Waals surface area contributed by atoms with Crippen LogP contribution < -0.4 is 5.32 Å². The Morgan fingerprint density at radius 2 is 2.12 bits per heavy atom. The van der Waals surface area contributed by atoms with Gasteiger partial charge in [0.15, 0.2) is 0 Å². The molecule has 0 spiro atoms. The molecule has 0 atom stereocenters. The highest BCUT2D eigenvalue weighted by atomic mass is 32.1. The van der Waals surface area contributed by atoms with E-state index in [0.29, 0.717) is 0 Å². The van der Waals surface area contributed by atoms with Crippen LogP contribution in [0.15, 0.2) is 29.6 Å². The highest BCUT2D eigenvalue weighted by Gasteiger charge is 2.15. The van der Waals surface area contributed by atoms with Crippen molar-refractivity contribution in [2.24, 2.45) is 0 Å². The Morgan fingerprint density at radius 1 is 1.29 bits per heavy atom. The van der Waals surface area contributed by atoms with Crippen molar-refractivity contribution in [3.63, 3.8) is 0 Å². The molecule has 17 heavy (non-hydrogen) atoms. The number of hydrogen-bond acceptors (Lipinski definition) is 3. The number of hydrogen-bond donors (Lipinski definition) is 1. The monoisotopic (exact) mass is 249 g/mol. The zero-order valence-electron chi connectivity index (χ0n) is 10.6. The maximum absolute atomic E-state index is 5.40. The molecule has 1 aromatic heterocycles. The lowest BCUT2D eigenvalue weighted by molar-refractivity contribution is 0.0185. The molecule has 92 valence electrons. The smallest absolute Gasteiger partial charge is 0.0639 e. The van der Waals surface area contributed by atoms with Crippen molar-refractivity contribution in [3.8, 4) is 0 Å². The molecule has 2 aromatic rings. The van der Waals surface area contributed by atoms with Gasteiger partial charge in [-0.1, -0.05) is 0 Å². The summed E-state index contributed by atoms with van der Waals surface area (Å²) in [5.41, 5.74) is 1.13. The largest absolute Gasteiger partial charge is 0.385 e. The molecule has 0 aliphatic heterocycles. The van der Waals surface area contributed by atoms with Gasteiger partial charge in [-0.15, -0.1) is 11.3 Å². The molecular weight excluding hydrogens is 230 g/mol. The lowest BCUT2D eigenvalue weighted by Crippen LogP contribution is -2.25. The lowest BCUT2D eigenvalue weighted by Gasteiger charge is -2.23. The maximum Gasteiger partial charge on any atom is 0.0639 e. The van der Waals surface area contributed by atoms with E-state index >= 15 is 0 Å². The van der Waals surface area contributed by atoms with Gasteiger partial charge in [-0.3, -0.25) is 0 Å². The Labute approximate surface area is 107 Å². The minimum Gasteiger partial charge on any atom is -0.385 e. The number of benzene rings is 1. The van der Waals surface area contributed by atoms with Crippen molar-refractivity contribution in [2.45, 2.75) is 25.9 Å². The number of ether oxygens (including phenoxy) is 1. The van der Waals surface area contributed by atoms with E-state index in [4.69, 9.17) is 4.74 Å². The average Bonchev–Trinajstić information content (AvgIpc) is 2.76. The fraction of sp³-hybridized carbons (Fsp3) is 0.429. The summed E-state index contributed by atoms with van der Waals surface area (Å²) in [5.74, 6) is 0. The van der Waals surface area contributed by atoms with E-state index in [1.165, 1.54) is 15.8 Å². The first-order valence-corrected chi connectivity index (χ1v) is 6.75. The number of thiophene rings is 1. The number of rotatable bonds is 5. The first-order valence-electron chi connectivity index (χ1n) is 5.87. The second-order valence-corrected chi connectivity index (χ2v) is 5.76. The minimum atomic E-state index is -0.0561. The summed E-state index contributed by atoms with van der Waals surface area (Å²) in [4.78, 5) is 0. The summed E-state index contributed by atoms with van der Waals surface area (Å²) in [6.45, 7) is 5.14. The van der Waals surface area contributed by atoms with Crippen molar-refractivity contribution in [1.29, 1.82) is 0 Å². The van der Waals surface area contributed by atoms with E-state index < -0.39 is 0 Å². The molecule has 0 radical (unpaired) electrons. The molecule has 2 nitrogen and oxygen atoms in total. The van der Waals surface area contributed by atoms with E-state index in [0.717, 1.165) is 13.0 Å². The Kier molecular flexibility index (Phi) is 3.69. The zero-order chi connectivity index (χ0) is 12.3. The van der Waals surface area contributed by atoms with Gasteiger partial charge in [0.25, 0.3) is 0 Å². The molecule has 1 heterocycles. The van der Waals surface area contributed by atoms with Gasteiger partial charge in [-0.05, 0) is 55.3 Å². The van der Waals surface area contributed by atoms with E-state index in [1.807, 2.05) is 0 Å². The van der Waals surface area contributed by atoms with Crippen LogP contribution in [0.3, 0.4) is 0 Å². The molecule has 0 fully saturated rings. The van der Waals surface area contributed by atoms with Crippen molar-refractivity contribution in [2.75, 3.05) is 19.0 Å². The van der Waals surface area contributed by atoms with Crippen LogP contribution in [0, 0.1) is 0 Å². The Morgan fingerprint density at radius 3 is 2.88 bits per heavy atom. The van der Waals surface area contributed by atoms with Gasteiger partial charge in [-0.2, -0.15) is 0 Å². The summed E-state index contributed by atoms with van der Waals surface area (Å²) in [6.07, 6.45) is 0.991. The van der Waals surface area contributed by atoms with Gasteiger partial charge in [0, 0.05) is 24.0 Å². The average molecular weight is 249 g/mol. The highest BCUT2D eigenvalue weighted by Crippen LogP contribution is 2.24. The van der Waals surface area contributed by atoms with Crippen LogP contribution in [0.5, 0.6) is 0 Å². The molecule has 0 aliphatic rings. The molecule has 1 N–H and O–H groups in total. The third-order valence-corrected chi connectivity index (χ3v) is 3.96. The first-order chi connectivity index (χ1) is 8.11. The molecule has 0 unspecified atom stereocenters. The summed E-state index contributed by atoms with van der Waals surface area (Å²) >= 11 is 1.78.